The highest BCUT2D eigenvalue weighted by Crippen LogP contribution is 2.28. The number of rotatable bonds is 7. The van der Waals surface area contributed by atoms with Crippen LogP contribution in [-0.2, 0) is 9.59 Å². The minimum Gasteiger partial charge on any atom is -0.480 e. The monoisotopic (exact) mass is 228 g/mol. The van der Waals surface area contributed by atoms with Crippen LogP contribution >= 0.6 is 0 Å². The zero-order valence-electron chi connectivity index (χ0n) is 9.69. The molecule has 0 saturated heterocycles. The number of aliphatic carboxylic acids is 1. The SMILES string of the molecule is CC(CCCN)C(=O)N(CC(=O)O)C1CC1. The summed E-state index contributed by atoms with van der Waals surface area (Å²) >= 11 is 0. The number of hydrogen-bond donors (Lipinski definition) is 2. The van der Waals surface area contributed by atoms with E-state index in [1.807, 2.05) is 6.92 Å². The molecule has 5 nitrogen and oxygen atoms in total. The number of carboxylic acids is 1. The molecule has 1 unspecified atom stereocenters. The zero-order valence-corrected chi connectivity index (χ0v) is 9.69. The number of carbonyl (C=O) groups is 2. The molecule has 1 atom stereocenters. The summed E-state index contributed by atoms with van der Waals surface area (Å²) < 4.78 is 0. The number of amides is 1. The van der Waals surface area contributed by atoms with Gasteiger partial charge in [-0.3, -0.25) is 9.59 Å². The molecule has 1 amide bonds. The molecule has 0 aromatic rings. The van der Waals surface area contributed by atoms with Crippen molar-refractivity contribution in [3.8, 4) is 0 Å². The fourth-order valence-corrected chi connectivity index (χ4v) is 1.75. The summed E-state index contributed by atoms with van der Waals surface area (Å²) in [6, 6.07) is 0.156. The molecule has 0 bridgehead atoms. The van der Waals surface area contributed by atoms with Crippen molar-refractivity contribution in [2.75, 3.05) is 13.1 Å². The van der Waals surface area contributed by atoms with E-state index in [0.717, 1.165) is 25.7 Å². The summed E-state index contributed by atoms with van der Waals surface area (Å²) in [4.78, 5) is 24.2. The van der Waals surface area contributed by atoms with Crippen LogP contribution in [0.25, 0.3) is 0 Å². The van der Waals surface area contributed by atoms with Gasteiger partial charge in [0.25, 0.3) is 0 Å². The quantitative estimate of drug-likeness (QED) is 0.662. The first-order valence-corrected chi connectivity index (χ1v) is 5.78. The molecule has 1 fully saturated rings. The minimum absolute atomic E-state index is 0.0432. The van der Waals surface area contributed by atoms with Gasteiger partial charge in [-0.2, -0.15) is 0 Å². The van der Waals surface area contributed by atoms with Gasteiger partial charge in [-0.1, -0.05) is 6.92 Å². The van der Waals surface area contributed by atoms with Crippen molar-refractivity contribution >= 4 is 11.9 Å². The van der Waals surface area contributed by atoms with Crippen LogP contribution in [0.2, 0.25) is 0 Å². The number of carbonyl (C=O) groups excluding carboxylic acids is 1. The van der Waals surface area contributed by atoms with Gasteiger partial charge in [0.05, 0.1) is 0 Å². The summed E-state index contributed by atoms with van der Waals surface area (Å²) in [5.41, 5.74) is 5.39. The van der Waals surface area contributed by atoms with Gasteiger partial charge in [0.2, 0.25) is 5.91 Å². The van der Waals surface area contributed by atoms with E-state index in [2.05, 4.69) is 0 Å². The molecule has 0 aromatic carbocycles. The summed E-state index contributed by atoms with van der Waals surface area (Å²) in [6.07, 6.45) is 3.40. The van der Waals surface area contributed by atoms with Crippen LogP contribution in [0.4, 0.5) is 0 Å². The Bertz CT molecular complexity index is 264. The maximum absolute atomic E-state index is 12.0. The van der Waals surface area contributed by atoms with Crippen molar-refractivity contribution in [2.24, 2.45) is 11.7 Å². The van der Waals surface area contributed by atoms with E-state index in [9.17, 15) is 9.59 Å². The fraction of sp³-hybridized carbons (Fsp3) is 0.818. The first-order chi connectivity index (χ1) is 7.56. The highest BCUT2D eigenvalue weighted by molar-refractivity contribution is 5.83. The van der Waals surface area contributed by atoms with E-state index in [0.29, 0.717) is 6.54 Å². The molecule has 0 heterocycles. The van der Waals surface area contributed by atoms with Crippen molar-refractivity contribution in [3.05, 3.63) is 0 Å². The lowest BCUT2D eigenvalue weighted by Crippen LogP contribution is -2.40. The van der Waals surface area contributed by atoms with Gasteiger partial charge < -0.3 is 15.7 Å². The van der Waals surface area contributed by atoms with Crippen molar-refractivity contribution in [1.82, 2.24) is 4.90 Å². The van der Waals surface area contributed by atoms with Crippen LogP contribution in [-0.4, -0.2) is 41.0 Å². The van der Waals surface area contributed by atoms with Gasteiger partial charge in [0.1, 0.15) is 6.54 Å². The lowest BCUT2D eigenvalue weighted by molar-refractivity contribution is -0.146. The minimum atomic E-state index is -0.939. The summed E-state index contributed by atoms with van der Waals surface area (Å²) in [5.74, 6) is -1.10. The van der Waals surface area contributed by atoms with Gasteiger partial charge in [-0.05, 0) is 32.2 Å². The largest absolute Gasteiger partial charge is 0.480 e. The highest BCUT2D eigenvalue weighted by Gasteiger charge is 2.35. The summed E-state index contributed by atoms with van der Waals surface area (Å²) in [7, 11) is 0. The Hall–Kier alpha value is -1.10. The molecule has 0 aromatic heterocycles. The maximum Gasteiger partial charge on any atom is 0.323 e. The molecule has 0 aliphatic heterocycles. The summed E-state index contributed by atoms with van der Waals surface area (Å²) in [6.45, 7) is 2.24. The third-order valence-electron chi connectivity index (χ3n) is 2.84. The Labute approximate surface area is 95.6 Å². The van der Waals surface area contributed by atoms with Crippen LogP contribution in [0.1, 0.15) is 32.6 Å². The van der Waals surface area contributed by atoms with Crippen LogP contribution in [0.15, 0.2) is 0 Å². The Balaban J connectivity index is 2.49. The Morgan fingerprint density at radius 3 is 2.56 bits per heavy atom. The van der Waals surface area contributed by atoms with E-state index in [4.69, 9.17) is 10.8 Å². The lowest BCUT2D eigenvalue weighted by Gasteiger charge is -2.23. The van der Waals surface area contributed by atoms with Crippen LogP contribution in [0.3, 0.4) is 0 Å². The topological polar surface area (TPSA) is 83.6 Å². The van der Waals surface area contributed by atoms with Crippen molar-refractivity contribution < 1.29 is 14.7 Å². The predicted octanol–water partition coefficient (Wildman–Crippen LogP) is 0.437. The van der Waals surface area contributed by atoms with Crippen LogP contribution < -0.4 is 5.73 Å². The second kappa shape index (κ2) is 5.84. The third kappa shape index (κ3) is 3.81. The average Bonchev–Trinajstić information content (AvgIpc) is 3.05. The molecule has 5 heteroatoms. The number of nitrogens with two attached hydrogens (primary N) is 1. The van der Waals surface area contributed by atoms with Gasteiger partial charge in [0, 0.05) is 12.0 Å². The maximum atomic E-state index is 12.0. The van der Waals surface area contributed by atoms with Gasteiger partial charge in [-0.25, -0.2) is 0 Å². The van der Waals surface area contributed by atoms with Gasteiger partial charge in [0.15, 0.2) is 0 Å². The average molecular weight is 228 g/mol. The molecular formula is C11H20N2O3. The molecule has 1 aliphatic carbocycles. The lowest BCUT2D eigenvalue weighted by atomic mass is 10.0. The zero-order chi connectivity index (χ0) is 12.1. The first kappa shape index (κ1) is 13.0. The van der Waals surface area contributed by atoms with Crippen molar-refractivity contribution in [1.29, 1.82) is 0 Å². The predicted molar refractivity (Wildman–Crippen MR) is 59.8 cm³/mol. The Morgan fingerprint density at radius 2 is 2.12 bits per heavy atom. The molecule has 3 N–H and O–H groups in total. The van der Waals surface area contributed by atoms with Crippen molar-refractivity contribution in [3.63, 3.8) is 0 Å². The fourth-order valence-electron chi connectivity index (χ4n) is 1.75. The molecule has 0 radical (unpaired) electrons. The molecule has 92 valence electrons. The molecule has 1 aliphatic rings. The second-order valence-corrected chi connectivity index (χ2v) is 4.42. The Kier molecular flexibility index (Phi) is 4.73. The van der Waals surface area contributed by atoms with Crippen LogP contribution in [0.5, 0.6) is 0 Å². The number of hydrogen-bond acceptors (Lipinski definition) is 3. The smallest absolute Gasteiger partial charge is 0.323 e. The highest BCUT2D eigenvalue weighted by atomic mass is 16.4. The molecule has 1 rings (SSSR count). The van der Waals surface area contributed by atoms with Crippen LogP contribution in [0, 0.1) is 5.92 Å². The van der Waals surface area contributed by atoms with Gasteiger partial charge >= 0.3 is 5.97 Å². The third-order valence-corrected chi connectivity index (χ3v) is 2.84. The normalized spacial score (nSPS) is 16.9. The van der Waals surface area contributed by atoms with Gasteiger partial charge in [-0.15, -0.1) is 0 Å². The molecule has 0 spiro atoms. The number of carboxylic acid groups (broad SMARTS) is 1. The van der Waals surface area contributed by atoms with Crippen molar-refractivity contribution in [2.45, 2.75) is 38.6 Å². The van der Waals surface area contributed by atoms with E-state index in [-0.39, 0.29) is 24.4 Å². The molecule has 16 heavy (non-hydrogen) atoms. The molecular weight excluding hydrogens is 208 g/mol. The first-order valence-electron chi connectivity index (χ1n) is 5.78. The number of nitrogens with zero attached hydrogens (tertiary/aromatic N) is 1. The standard InChI is InChI=1S/C11H20N2O3/c1-8(3-2-6-12)11(16)13(7-10(14)15)9-4-5-9/h8-9H,2-7,12H2,1H3,(H,14,15). The molecule has 1 saturated carbocycles. The van der Waals surface area contributed by atoms with E-state index >= 15 is 0 Å². The second-order valence-electron chi connectivity index (χ2n) is 4.42. The van der Waals surface area contributed by atoms with E-state index in [1.165, 1.54) is 4.90 Å². The summed E-state index contributed by atoms with van der Waals surface area (Å²) in [5, 5.41) is 8.75. The van der Waals surface area contributed by atoms with E-state index < -0.39 is 5.97 Å². The van der Waals surface area contributed by atoms with E-state index in [1.54, 1.807) is 0 Å². The Morgan fingerprint density at radius 1 is 1.50 bits per heavy atom.